The number of rotatable bonds is 10. The lowest BCUT2D eigenvalue weighted by atomic mass is 9.95. The highest BCUT2D eigenvalue weighted by Gasteiger charge is 2.47. The number of benzene rings is 3. The van der Waals surface area contributed by atoms with Crippen LogP contribution in [0.1, 0.15) is 43.9 Å². The lowest BCUT2D eigenvalue weighted by Crippen LogP contribution is -2.29. The molecule has 7 heteroatoms. The quantitative estimate of drug-likeness (QED) is 0.212. The van der Waals surface area contributed by atoms with Gasteiger partial charge in [-0.25, -0.2) is 0 Å². The van der Waals surface area contributed by atoms with Gasteiger partial charge in [0.05, 0.1) is 31.9 Å². The molecule has 0 aromatic heterocycles. The van der Waals surface area contributed by atoms with Gasteiger partial charge in [-0.1, -0.05) is 38.1 Å². The highest BCUT2D eigenvalue weighted by atomic mass is 16.5. The maximum atomic E-state index is 13.4. The van der Waals surface area contributed by atoms with Crippen molar-refractivity contribution < 1.29 is 28.9 Å². The number of ether oxygens (including phenoxy) is 3. The molecule has 1 N–H and O–H groups in total. The number of hydrogen-bond donors (Lipinski definition) is 1. The molecule has 37 heavy (non-hydrogen) atoms. The third-order valence-electron chi connectivity index (χ3n) is 6.04. The van der Waals surface area contributed by atoms with E-state index in [0.717, 1.165) is 12.8 Å². The molecule has 0 spiro atoms. The van der Waals surface area contributed by atoms with Crippen LogP contribution in [-0.4, -0.2) is 37.1 Å². The third-order valence-corrected chi connectivity index (χ3v) is 6.04. The average molecular weight is 502 g/mol. The molecule has 4 rings (SSSR count). The number of carbonyl (C=O) groups excluding carboxylic acids is 2. The van der Waals surface area contributed by atoms with Crippen LogP contribution in [0.3, 0.4) is 0 Å². The zero-order chi connectivity index (χ0) is 26.4. The fourth-order valence-electron chi connectivity index (χ4n) is 4.23. The van der Waals surface area contributed by atoms with Crippen LogP contribution in [-0.2, 0) is 9.59 Å². The van der Waals surface area contributed by atoms with Crippen LogP contribution in [0.2, 0.25) is 0 Å². The summed E-state index contributed by atoms with van der Waals surface area (Å²) in [6, 6.07) is 20.2. The summed E-state index contributed by atoms with van der Waals surface area (Å²) in [4.78, 5) is 28.2. The molecular weight excluding hydrogens is 470 g/mol. The number of Topliss-reactive ketones (excluding diaryl/α,β-unsaturated/α-hetero) is 1. The SMILES string of the molecule is CCCOc1ccc(C2/C(=C(/O)c3cccc(OCCC)c3)C(=O)C(=O)N2c2ccc(OC)cc2)cc1. The van der Waals surface area contributed by atoms with Gasteiger partial charge < -0.3 is 19.3 Å². The molecule has 0 saturated carbocycles. The van der Waals surface area contributed by atoms with E-state index in [2.05, 4.69) is 0 Å². The van der Waals surface area contributed by atoms with Crippen LogP contribution in [0, 0.1) is 0 Å². The first-order valence-corrected chi connectivity index (χ1v) is 12.4. The summed E-state index contributed by atoms with van der Waals surface area (Å²) in [5.41, 5.74) is 1.59. The molecule has 1 heterocycles. The van der Waals surface area contributed by atoms with Crippen molar-refractivity contribution in [3.8, 4) is 17.2 Å². The lowest BCUT2D eigenvalue weighted by molar-refractivity contribution is -0.132. The Morgan fingerprint density at radius 3 is 2.08 bits per heavy atom. The molecule has 1 fully saturated rings. The summed E-state index contributed by atoms with van der Waals surface area (Å²) in [7, 11) is 1.56. The van der Waals surface area contributed by atoms with E-state index in [1.807, 2.05) is 26.0 Å². The van der Waals surface area contributed by atoms with E-state index >= 15 is 0 Å². The van der Waals surface area contributed by atoms with Crippen LogP contribution in [0.5, 0.6) is 17.2 Å². The molecule has 192 valence electrons. The van der Waals surface area contributed by atoms with Gasteiger partial charge in [0.15, 0.2) is 0 Å². The van der Waals surface area contributed by atoms with Crippen LogP contribution >= 0.6 is 0 Å². The van der Waals surface area contributed by atoms with E-state index in [0.29, 0.717) is 47.3 Å². The van der Waals surface area contributed by atoms with E-state index < -0.39 is 17.7 Å². The van der Waals surface area contributed by atoms with Gasteiger partial charge in [-0.2, -0.15) is 0 Å². The monoisotopic (exact) mass is 501 g/mol. The standard InChI is InChI=1S/C30H31NO6/c1-4-17-36-24-13-9-20(10-14-24)27-26(28(32)21-7-6-8-25(19-21)37-18-5-2)29(33)30(34)31(27)22-11-15-23(35-3)16-12-22/h6-16,19,27,32H,4-5,17-18H2,1-3H3/b28-26-. The minimum atomic E-state index is -0.839. The van der Waals surface area contributed by atoms with Crippen molar-refractivity contribution >= 4 is 23.1 Å². The zero-order valence-corrected chi connectivity index (χ0v) is 21.3. The number of methoxy groups -OCH3 is 1. The summed E-state index contributed by atoms with van der Waals surface area (Å²) in [6.07, 6.45) is 1.71. The average Bonchev–Trinajstić information content (AvgIpc) is 3.20. The largest absolute Gasteiger partial charge is 0.507 e. The van der Waals surface area contributed by atoms with Crippen LogP contribution in [0.25, 0.3) is 5.76 Å². The van der Waals surface area contributed by atoms with E-state index in [1.165, 1.54) is 4.90 Å². The topological polar surface area (TPSA) is 85.3 Å². The summed E-state index contributed by atoms with van der Waals surface area (Å²) in [5.74, 6) is 0.147. The summed E-state index contributed by atoms with van der Waals surface area (Å²) < 4.78 is 16.7. The number of aliphatic hydroxyl groups excluding tert-OH is 1. The predicted octanol–water partition coefficient (Wildman–Crippen LogP) is 5.90. The summed E-state index contributed by atoms with van der Waals surface area (Å²) >= 11 is 0. The highest BCUT2D eigenvalue weighted by molar-refractivity contribution is 6.51. The Labute approximate surface area is 216 Å². The molecular formula is C30H31NO6. The van der Waals surface area contributed by atoms with Gasteiger partial charge in [0.25, 0.3) is 11.7 Å². The molecule has 1 atom stereocenters. The van der Waals surface area contributed by atoms with Gasteiger partial charge >= 0.3 is 0 Å². The van der Waals surface area contributed by atoms with Crippen molar-refractivity contribution in [1.82, 2.24) is 0 Å². The number of hydrogen-bond acceptors (Lipinski definition) is 6. The van der Waals surface area contributed by atoms with Gasteiger partial charge in [-0.15, -0.1) is 0 Å². The van der Waals surface area contributed by atoms with Crippen molar-refractivity contribution in [3.05, 3.63) is 89.5 Å². The number of anilines is 1. The van der Waals surface area contributed by atoms with E-state index in [1.54, 1.807) is 67.8 Å². The molecule has 3 aromatic rings. The van der Waals surface area contributed by atoms with Crippen LogP contribution < -0.4 is 19.1 Å². The number of ketones is 1. The Balaban J connectivity index is 1.83. The van der Waals surface area contributed by atoms with Gasteiger partial charge in [0.2, 0.25) is 0 Å². The first kappa shape index (κ1) is 25.8. The summed E-state index contributed by atoms with van der Waals surface area (Å²) in [5, 5.41) is 11.4. The molecule has 0 bridgehead atoms. The molecule has 0 aliphatic carbocycles. The number of aliphatic hydroxyl groups is 1. The molecule has 1 unspecified atom stereocenters. The maximum absolute atomic E-state index is 13.4. The van der Waals surface area contributed by atoms with Crippen molar-refractivity contribution in [3.63, 3.8) is 0 Å². The number of amides is 1. The van der Waals surface area contributed by atoms with Crippen molar-refractivity contribution in [2.24, 2.45) is 0 Å². The van der Waals surface area contributed by atoms with Crippen LogP contribution in [0.4, 0.5) is 5.69 Å². The normalized spacial score (nSPS) is 16.6. The first-order valence-electron chi connectivity index (χ1n) is 12.4. The smallest absolute Gasteiger partial charge is 0.300 e. The first-order chi connectivity index (χ1) is 18.0. The Morgan fingerprint density at radius 2 is 1.46 bits per heavy atom. The number of carbonyl (C=O) groups is 2. The number of nitrogens with zero attached hydrogens (tertiary/aromatic N) is 1. The van der Waals surface area contributed by atoms with E-state index in [-0.39, 0.29) is 11.3 Å². The Bertz CT molecular complexity index is 1280. The van der Waals surface area contributed by atoms with E-state index in [4.69, 9.17) is 14.2 Å². The minimum absolute atomic E-state index is 0.00989. The van der Waals surface area contributed by atoms with Gasteiger partial charge in [0, 0.05) is 11.3 Å². The zero-order valence-electron chi connectivity index (χ0n) is 21.3. The van der Waals surface area contributed by atoms with Crippen LogP contribution in [0.15, 0.2) is 78.4 Å². The lowest BCUT2D eigenvalue weighted by Gasteiger charge is -2.25. The Hall–Kier alpha value is -4.26. The maximum Gasteiger partial charge on any atom is 0.300 e. The fraction of sp³-hybridized carbons (Fsp3) is 0.267. The van der Waals surface area contributed by atoms with Crippen molar-refractivity contribution in [2.45, 2.75) is 32.7 Å². The second kappa shape index (κ2) is 11.6. The summed E-state index contributed by atoms with van der Waals surface area (Å²) in [6.45, 7) is 5.14. The fourth-order valence-corrected chi connectivity index (χ4v) is 4.23. The molecule has 0 radical (unpaired) electrons. The van der Waals surface area contributed by atoms with E-state index in [9.17, 15) is 14.7 Å². The minimum Gasteiger partial charge on any atom is -0.507 e. The molecule has 7 nitrogen and oxygen atoms in total. The van der Waals surface area contributed by atoms with Crippen molar-refractivity contribution in [2.75, 3.05) is 25.2 Å². The second-order valence-electron chi connectivity index (χ2n) is 8.66. The highest BCUT2D eigenvalue weighted by Crippen LogP contribution is 2.43. The molecule has 1 saturated heterocycles. The van der Waals surface area contributed by atoms with Gasteiger partial charge in [-0.3, -0.25) is 14.5 Å². The molecule has 1 amide bonds. The van der Waals surface area contributed by atoms with Crippen molar-refractivity contribution in [1.29, 1.82) is 0 Å². The molecule has 1 aliphatic heterocycles. The molecule has 1 aliphatic rings. The van der Waals surface area contributed by atoms with Gasteiger partial charge in [-0.05, 0) is 66.9 Å². The predicted molar refractivity (Wildman–Crippen MR) is 142 cm³/mol. The van der Waals surface area contributed by atoms with Gasteiger partial charge in [0.1, 0.15) is 23.0 Å². The second-order valence-corrected chi connectivity index (χ2v) is 8.66. The Morgan fingerprint density at radius 1 is 0.838 bits per heavy atom. The third kappa shape index (κ3) is 5.45. The molecule has 3 aromatic carbocycles. The Kier molecular flexibility index (Phi) is 8.13.